The van der Waals surface area contributed by atoms with E-state index >= 15 is 0 Å². The van der Waals surface area contributed by atoms with Gasteiger partial charge >= 0.3 is 0 Å². The van der Waals surface area contributed by atoms with Crippen LogP contribution < -0.4 is 4.74 Å². The molecule has 0 bridgehead atoms. The molecule has 0 unspecified atom stereocenters. The van der Waals surface area contributed by atoms with Gasteiger partial charge in [0.15, 0.2) is 0 Å². The first kappa shape index (κ1) is 15.6. The Morgan fingerprint density at radius 3 is 1.86 bits per heavy atom. The maximum absolute atomic E-state index is 5.81. The van der Waals surface area contributed by atoms with Gasteiger partial charge in [-0.1, -0.05) is 43.3 Å². The van der Waals surface area contributed by atoms with Crippen LogP contribution >= 0.6 is 0 Å². The van der Waals surface area contributed by atoms with Crippen molar-refractivity contribution in [3.63, 3.8) is 0 Å². The Bertz CT molecular complexity index is 526. The average molecular weight is 284 g/mol. The zero-order chi connectivity index (χ0) is 15.1. The fourth-order valence-electron chi connectivity index (χ4n) is 1.98. The van der Waals surface area contributed by atoms with Gasteiger partial charge in [-0.25, -0.2) is 0 Å². The van der Waals surface area contributed by atoms with Crippen LogP contribution in [0.25, 0.3) is 0 Å². The first-order valence-electron chi connectivity index (χ1n) is 7.58. The van der Waals surface area contributed by atoms with E-state index in [2.05, 4.69) is 43.3 Å². The largest absolute Gasteiger partial charge is 0.489 e. The highest BCUT2D eigenvalue weighted by molar-refractivity contribution is 5.28. The zero-order valence-corrected chi connectivity index (χ0v) is 13.1. The van der Waals surface area contributed by atoms with E-state index in [1.807, 2.05) is 26.0 Å². The summed E-state index contributed by atoms with van der Waals surface area (Å²) in [5.41, 5.74) is 3.72. The lowest BCUT2D eigenvalue weighted by atomic mass is 10.1. The van der Waals surface area contributed by atoms with Crippen LogP contribution in [0.1, 0.15) is 37.5 Å². The molecule has 0 radical (unpaired) electrons. The Hall–Kier alpha value is -1.80. The number of benzene rings is 2. The lowest BCUT2D eigenvalue weighted by Crippen LogP contribution is -2.02. The molecule has 2 heteroatoms. The van der Waals surface area contributed by atoms with Crippen molar-refractivity contribution in [2.75, 3.05) is 0 Å². The number of hydrogen-bond acceptors (Lipinski definition) is 2. The summed E-state index contributed by atoms with van der Waals surface area (Å²) in [6.07, 6.45) is 1.33. The van der Waals surface area contributed by atoms with E-state index in [-0.39, 0.29) is 6.10 Å². The van der Waals surface area contributed by atoms with E-state index < -0.39 is 0 Å². The quantitative estimate of drug-likeness (QED) is 0.730. The second-order valence-electron chi connectivity index (χ2n) is 5.46. The van der Waals surface area contributed by atoms with Gasteiger partial charge in [0.2, 0.25) is 0 Å². The van der Waals surface area contributed by atoms with E-state index in [0.717, 1.165) is 12.2 Å². The number of rotatable bonds is 7. The van der Waals surface area contributed by atoms with Crippen molar-refractivity contribution in [1.29, 1.82) is 0 Å². The van der Waals surface area contributed by atoms with Gasteiger partial charge in [-0.15, -0.1) is 0 Å². The molecule has 0 atom stereocenters. The van der Waals surface area contributed by atoms with Crippen LogP contribution in [0.2, 0.25) is 0 Å². The monoisotopic (exact) mass is 284 g/mol. The SMILES string of the molecule is CCc1ccc(COc2ccc(COC(C)C)cc2)cc1. The molecule has 2 aromatic rings. The standard InChI is InChI=1S/C19H24O2/c1-4-16-5-7-17(8-6-16)14-21-19-11-9-18(10-12-19)13-20-15(2)3/h5-12,15H,4,13-14H2,1-3H3. The minimum absolute atomic E-state index is 0.256. The molecule has 2 aromatic carbocycles. The summed E-state index contributed by atoms with van der Waals surface area (Å²) in [6.45, 7) is 7.50. The molecule has 0 aliphatic heterocycles. The second kappa shape index (κ2) is 7.84. The summed E-state index contributed by atoms with van der Waals surface area (Å²) in [5.74, 6) is 0.892. The fourth-order valence-corrected chi connectivity index (χ4v) is 1.98. The van der Waals surface area contributed by atoms with Crippen LogP contribution in [-0.2, 0) is 24.4 Å². The van der Waals surface area contributed by atoms with Crippen LogP contribution in [0.4, 0.5) is 0 Å². The van der Waals surface area contributed by atoms with Gasteiger partial charge in [0, 0.05) is 0 Å². The van der Waals surface area contributed by atoms with Crippen LogP contribution in [-0.4, -0.2) is 6.10 Å². The topological polar surface area (TPSA) is 18.5 Å². The molecule has 0 N–H and O–H groups in total. The van der Waals surface area contributed by atoms with Crippen LogP contribution in [0.3, 0.4) is 0 Å². The van der Waals surface area contributed by atoms with E-state index in [1.54, 1.807) is 0 Å². The van der Waals surface area contributed by atoms with Crippen molar-refractivity contribution in [2.24, 2.45) is 0 Å². The molecule has 0 aliphatic rings. The molecule has 21 heavy (non-hydrogen) atoms. The Labute approximate surface area is 127 Å². The maximum atomic E-state index is 5.81. The summed E-state index contributed by atoms with van der Waals surface area (Å²) in [7, 11) is 0. The van der Waals surface area contributed by atoms with Crippen molar-refractivity contribution in [3.8, 4) is 5.75 Å². The van der Waals surface area contributed by atoms with E-state index in [4.69, 9.17) is 9.47 Å². The Kier molecular flexibility index (Phi) is 5.82. The summed E-state index contributed by atoms with van der Waals surface area (Å²) < 4.78 is 11.4. The van der Waals surface area contributed by atoms with Crippen molar-refractivity contribution in [3.05, 3.63) is 65.2 Å². The molecule has 0 amide bonds. The van der Waals surface area contributed by atoms with Crippen LogP contribution in [0.5, 0.6) is 5.75 Å². The number of ether oxygens (including phenoxy) is 2. The lowest BCUT2D eigenvalue weighted by Gasteiger charge is -2.09. The van der Waals surface area contributed by atoms with E-state index in [9.17, 15) is 0 Å². The van der Waals surface area contributed by atoms with Gasteiger partial charge in [-0.3, -0.25) is 0 Å². The summed E-state index contributed by atoms with van der Waals surface area (Å²) >= 11 is 0. The predicted molar refractivity (Wildman–Crippen MR) is 86.5 cm³/mol. The summed E-state index contributed by atoms with van der Waals surface area (Å²) in [5, 5.41) is 0. The van der Waals surface area contributed by atoms with E-state index in [0.29, 0.717) is 13.2 Å². The molecule has 0 heterocycles. The molecule has 0 aromatic heterocycles. The van der Waals surface area contributed by atoms with Crippen molar-refractivity contribution in [1.82, 2.24) is 0 Å². The van der Waals surface area contributed by atoms with Gasteiger partial charge in [0.25, 0.3) is 0 Å². The number of hydrogen-bond donors (Lipinski definition) is 0. The molecule has 2 nitrogen and oxygen atoms in total. The van der Waals surface area contributed by atoms with Crippen molar-refractivity contribution < 1.29 is 9.47 Å². The first-order valence-corrected chi connectivity index (χ1v) is 7.58. The molecule has 2 rings (SSSR count). The average Bonchev–Trinajstić information content (AvgIpc) is 2.52. The highest BCUT2D eigenvalue weighted by Crippen LogP contribution is 2.15. The van der Waals surface area contributed by atoms with Crippen molar-refractivity contribution in [2.45, 2.75) is 46.5 Å². The minimum atomic E-state index is 0.256. The molecular weight excluding hydrogens is 260 g/mol. The van der Waals surface area contributed by atoms with Gasteiger partial charge < -0.3 is 9.47 Å². The third kappa shape index (κ3) is 5.24. The van der Waals surface area contributed by atoms with Gasteiger partial charge in [-0.05, 0) is 49.1 Å². The third-order valence-electron chi connectivity index (χ3n) is 3.34. The van der Waals surface area contributed by atoms with Crippen molar-refractivity contribution >= 4 is 0 Å². The van der Waals surface area contributed by atoms with Gasteiger partial charge in [-0.2, -0.15) is 0 Å². The molecule has 0 aliphatic carbocycles. The van der Waals surface area contributed by atoms with Gasteiger partial charge in [0.1, 0.15) is 12.4 Å². The maximum Gasteiger partial charge on any atom is 0.119 e. The summed E-state index contributed by atoms with van der Waals surface area (Å²) in [6, 6.07) is 16.7. The highest BCUT2D eigenvalue weighted by Gasteiger charge is 1.99. The fraction of sp³-hybridized carbons (Fsp3) is 0.368. The smallest absolute Gasteiger partial charge is 0.119 e. The second-order valence-corrected chi connectivity index (χ2v) is 5.46. The zero-order valence-electron chi connectivity index (χ0n) is 13.1. The Morgan fingerprint density at radius 1 is 0.762 bits per heavy atom. The Balaban J connectivity index is 1.85. The predicted octanol–water partition coefficient (Wildman–Crippen LogP) is 4.75. The normalized spacial score (nSPS) is 10.9. The molecule has 112 valence electrons. The molecule has 0 saturated heterocycles. The highest BCUT2D eigenvalue weighted by atomic mass is 16.5. The third-order valence-corrected chi connectivity index (χ3v) is 3.34. The van der Waals surface area contributed by atoms with E-state index in [1.165, 1.54) is 16.7 Å². The number of aryl methyl sites for hydroxylation is 1. The molecule has 0 spiro atoms. The Morgan fingerprint density at radius 2 is 1.29 bits per heavy atom. The van der Waals surface area contributed by atoms with Crippen LogP contribution in [0, 0.1) is 0 Å². The molecular formula is C19H24O2. The van der Waals surface area contributed by atoms with Crippen LogP contribution in [0.15, 0.2) is 48.5 Å². The summed E-state index contributed by atoms with van der Waals surface area (Å²) in [4.78, 5) is 0. The van der Waals surface area contributed by atoms with Gasteiger partial charge in [0.05, 0.1) is 12.7 Å². The first-order chi connectivity index (χ1) is 10.2. The minimum Gasteiger partial charge on any atom is -0.489 e. The molecule has 0 saturated carbocycles. The lowest BCUT2D eigenvalue weighted by molar-refractivity contribution is 0.0657. The molecule has 0 fully saturated rings.